The molecule has 2 heterocycles. The van der Waals surface area contributed by atoms with E-state index in [0.29, 0.717) is 0 Å². The summed E-state index contributed by atoms with van der Waals surface area (Å²) >= 11 is 0. The number of fused-ring (bicyclic) bond motifs is 2. The molecule has 7 heteroatoms. The van der Waals surface area contributed by atoms with E-state index in [1.54, 1.807) is 6.07 Å². The Balaban J connectivity index is 1.69. The summed E-state index contributed by atoms with van der Waals surface area (Å²) in [5.74, 6) is -0.0437. The second-order valence-electron chi connectivity index (χ2n) is 11.6. The van der Waals surface area contributed by atoms with Crippen LogP contribution >= 0.6 is 0 Å². The highest BCUT2D eigenvalue weighted by molar-refractivity contribution is 7.85. The average Bonchev–Trinajstić information content (AvgIpc) is 3.21. The van der Waals surface area contributed by atoms with Gasteiger partial charge in [0.15, 0.2) is 11.5 Å². The molecule has 2 aromatic carbocycles. The minimum absolute atomic E-state index is 0.0892. The molecular weight excluding hydrogens is 508 g/mol. The summed E-state index contributed by atoms with van der Waals surface area (Å²) in [6.45, 7) is 15.5. The molecule has 0 amide bonds. The van der Waals surface area contributed by atoms with Crippen LogP contribution in [0.5, 0.6) is 0 Å². The highest BCUT2D eigenvalue weighted by Gasteiger charge is 2.43. The molecule has 0 aliphatic carbocycles. The molecule has 0 aromatic heterocycles. The van der Waals surface area contributed by atoms with E-state index in [-0.39, 0.29) is 28.6 Å². The van der Waals surface area contributed by atoms with Crippen molar-refractivity contribution in [3.8, 4) is 0 Å². The van der Waals surface area contributed by atoms with Gasteiger partial charge in [-0.2, -0.15) is 13.0 Å². The molecule has 2 aliphatic heterocycles. The highest BCUT2D eigenvalue weighted by atomic mass is 32.2. The standard InChI is InChI=1S/C32H38N2O4S/c1-8-33-26-15-13-12-14-24(26)31(4,5)29(33)16-10-9-11-17-30-32(6,7)25-20-23(39(36,37)38)18-19-27(25)34(30)21-28(35)22(2)3/h9-20,22H,8,21H2,1-7H3/p+1. The maximum absolute atomic E-state index is 12.8. The third-order valence-corrected chi connectivity index (χ3v) is 8.81. The maximum atomic E-state index is 12.8. The van der Waals surface area contributed by atoms with Crippen molar-refractivity contribution in [1.82, 2.24) is 0 Å². The Hall–Kier alpha value is -3.29. The summed E-state index contributed by atoms with van der Waals surface area (Å²) in [6.07, 6.45) is 10.1. The van der Waals surface area contributed by atoms with Crippen molar-refractivity contribution >= 4 is 33.0 Å². The largest absolute Gasteiger partial charge is 0.337 e. The predicted molar refractivity (Wildman–Crippen MR) is 158 cm³/mol. The van der Waals surface area contributed by atoms with Gasteiger partial charge in [-0.15, -0.1) is 0 Å². The number of allylic oxidation sites excluding steroid dienone is 6. The Morgan fingerprint density at radius 3 is 2.33 bits per heavy atom. The lowest BCUT2D eigenvalue weighted by atomic mass is 9.81. The molecule has 0 radical (unpaired) electrons. The van der Waals surface area contributed by atoms with E-state index in [0.717, 1.165) is 23.5 Å². The van der Waals surface area contributed by atoms with Crippen LogP contribution in [0.3, 0.4) is 0 Å². The zero-order valence-electron chi connectivity index (χ0n) is 23.9. The summed E-state index contributed by atoms with van der Waals surface area (Å²) in [6, 6.07) is 13.1. The molecule has 0 fully saturated rings. The van der Waals surface area contributed by atoms with Crippen molar-refractivity contribution in [3.05, 3.63) is 89.7 Å². The van der Waals surface area contributed by atoms with Gasteiger partial charge in [0, 0.05) is 40.4 Å². The lowest BCUT2D eigenvalue weighted by Crippen LogP contribution is -2.32. The lowest BCUT2D eigenvalue weighted by Gasteiger charge is -2.27. The van der Waals surface area contributed by atoms with Gasteiger partial charge in [0.05, 0.1) is 16.9 Å². The Bertz CT molecular complexity index is 1540. The molecule has 6 nitrogen and oxygen atoms in total. The molecule has 0 saturated carbocycles. The summed E-state index contributed by atoms with van der Waals surface area (Å²) in [5.41, 5.74) is 5.53. The molecule has 1 N–H and O–H groups in total. The monoisotopic (exact) mass is 547 g/mol. The van der Waals surface area contributed by atoms with Gasteiger partial charge in [0.2, 0.25) is 5.69 Å². The van der Waals surface area contributed by atoms with Crippen LogP contribution in [-0.2, 0) is 25.7 Å². The van der Waals surface area contributed by atoms with Crippen molar-refractivity contribution in [3.63, 3.8) is 0 Å². The molecular formula is C32H39N2O4S+. The molecule has 0 spiro atoms. The number of hydrogen-bond acceptors (Lipinski definition) is 4. The number of nitrogens with zero attached hydrogens (tertiary/aromatic N) is 2. The molecule has 4 rings (SSSR count). The minimum atomic E-state index is -4.35. The van der Waals surface area contributed by atoms with Gasteiger partial charge in [0.1, 0.15) is 6.54 Å². The topological polar surface area (TPSA) is 77.7 Å². The fourth-order valence-electron chi connectivity index (χ4n) is 5.66. The highest BCUT2D eigenvalue weighted by Crippen LogP contribution is 2.48. The number of anilines is 1. The maximum Gasteiger partial charge on any atom is 0.294 e. The first-order valence-corrected chi connectivity index (χ1v) is 14.9. The predicted octanol–water partition coefficient (Wildman–Crippen LogP) is 6.35. The molecule has 2 aromatic rings. The number of ketones is 1. The minimum Gasteiger partial charge on any atom is -0.337 e. The van der Waals surface area contributed by atoms with Crippen LogP contribution in [0.1, 0.15) is 59.6 Å². The van der Waals surface area contributed by atoms with Gasteiger partial charge in [-0.3, -0.25) is 9.35 Å². The van der Waals surface area contributed by atoms with Crippen molar-refractivity contribution in [1.29, 1.82) is 0 Å². The molecule has 206 valence electrons. The third-order valence-electron chi connectivity index (χ3n) is 7.97. The number of benzene rings is 2. The normalized spacial score (nSPS) is 19.1. The quantitative estimate of drug-likeness (QED) is 0.237. The Morgan fingerprint density at radius 2 is 1.69 bits per heavy atom. The van der Waals surface area contributed by atoms with Crippen molar-refractivity contribution in [2.75, 3.05) is 18.0 Å². The van der Waals surface area contributed by atoms with Gasteiger partial charge < -0.3 is 4.90 Å². The smallest absolute Gasteiger partial charge is 0.294 e. The van der Waals surface area contributed by atoms with Crippen LogP contribution < -0.4 is 4.90 Å². The van der Waals surface area contributed by atoms with Crippen LogP contribution in [0, 0.1) is 5.92 Å². The van der Waals surface area contributed by atoms with Crippen LogP contribution in [0.25, 0.3) is 0 Å². The van der Waals surface area contributed by atoms with Gasteiger partial charge in [-0.1, -0.05) is 64.1 Å². The first-order chi connectivity index (χ1) is 18.2. The summed E-state index contributed by atoms with van der Waals surface area (Å²) in [5, 5.41) is 0. The second kappa shape index (κ2) is 10.4. The summed E-state index contributed by atoms with van der Waals surface area (Å²) in [7, 11) is -4.35. The van der Waals surface area contributed by atoms with E-state index in [2.05, 4.69) is 55.7 Å². The first-order valence-electron chi connectivity index (χ1n) is 13.4. The van der Waals surface area contributed by atoms with Crippen LogP contribution in [0.2, 0.25) is 0 Å². The number of hydrogen-bond donors (Lipinski definition) is 1. The molecule has 0 unspecified atom stereocenters. The van der Waals surface area contributed by atoms with E-state index in [1.807, 2.05) is 56.9 Å². The molecule has 0 saturated heterocycles. The Kier molecular flexibility index (Phi) is 7.63. The van der Waals surface area contributed by atoms with E-state index in [9.17, 15) is 17.8 Å². The first kappa shape index (κ1) is 28.7. The zero-order valence-corrected chi connectivity index (χ0v) is 24.7. The molecule has 2 aliphatic rings. The van der Waals surface area contributed by atoms with E-state index in [1.165, 1.54) is 29.1 Å². The van der Waals surface area contributed by atoms with E-state index < -0.39 is 15.5 Å². The summed E-state index contributed by atoms with van der Waals surface area (Å²) < 4.78 is 35.7. The van der Waals surface area contributed by atoms with Crippen molar-refractivity contribution in [2.24, 2.45) is 5.92 Å². The van der Waals surface area contributed by atoms with Crippen molar-refractivity contribution in [2.45, 2.75) is 64.2 Å². The Labute approximate surface area is 232 Å². The molecule has 39 heavy (non-hydrogen) atoms. The van der Waals surface area contributed by atoms with Crippen LogP contribution in [0.15, 0.2) is 83.4 Å². The molecule has 0 bridgehead atoms. The van der Waals surface area contributed by atoms with E-state index >= 15 is 0 Å². The second-order valence-corrected chi connectivity index (χ2v) is 13.0. The van der Waals surface area contributed by atoms with Crippen LogP contribution in [0.4, 0.5) is 11.4 Å². The SMILES string of the molecule is CC[N+]1=C(/C=C/C=C/C=C2/N(CC(=O)C(C)C)c3ccc(S(=O)(=O)O)cc3C2(C)C)C(C)(C)c2ccccc21. The fourth-order valence-corrected chi connectivity index (χ4v) is 6.17. The number of Topliss-reactive ketones (excluding diaryl/α,β-unsaturated/α-hetero) is 1. The average molecular weight is 548 g/mol. The third kappa shape index (κ3) is 5.18. The summed E-state index contributed by atoms with van der Waals surface area (Å²) in [4.78, 5) is 14.6. The number of para-hydroxylation sites is 1. The number of carbonyl (C=O) groups excluding carboxylic acids is 1. The van der Waals surface area contributed by atoms with Gasteiger partial charge in [-0.05, 0) is 50.6 Å². The van der Waals surface area contributed by atoms with Gasteiger partial charge >= 0.3 is 0 Å². The lowest BCUT2D eigenvalue weighted by molar-refractivity contribution is -0.433. The van der Waals surface area contributed by atoms with E-state index in [4.69, 9.17) is 0 Å². The zero-order chi connectivity index (χ0) is 28.8. The number of carbonyl (C=O) groups is 1. The van der Waals surface area contributed by atoms with Crippen LogP contribution in [-0.4, -0.2) is 42.1 Å². The van der Waals surface area contributed by atoms with Gasteiger partial charge in [0.25, 0.3) is 10.1 Å². The molecule has 0 atom stereocenters. The van der Waals surface area contributed by atoms with Gasteiger partial charge in [-0.25, -0.2) is 0 Å². The van der Waals surface area contributed by atoms with Crippen molar-refractivity contribution < 1.29 is 22.3 Å². The Morgan fingerprint density at radius 1 is 1.00 bits per heavy atom. The fraction of sp³-hybridized carbons (Fsp3) is 0.375. The number of rotatable bonds is 8.